The summed E-state index contributed by atoms with van der Waals surface area (Å²) in [5.74, 6) is -0.244. The third-order valence-electron chi connectivity index (χ3n) is 2.75. The van der Waals surface area contributed by atoms with Crippen LogP contribution in [0.3, 0.4) is 0 Å². The minimum Gasteiger partial charge on any atom is -0.207 e. The molecule has 0 fully saturated rings. The van der Waals surface area contributed by atoms with E-state index in [0.29, 0.717) is 11.4 Å². The van der Waals surface area contributed by atoms with Crippen LogP contribution in [-0.2, 0) is 6.42 Å². The molecule has 2 aromatic carbocycles. The maximum Gasteiger partial charge on any atom is 0.123 e. The summed E-state index contributed by atoms with van der Waals surface area (Å²) in [4.78, 5) is 0. The van der Waals surface area contributed by atoms with E-state index < -0.39 is 0 Å². The Morgan fingerprint density at radius 1 is 1.11 bits per heavy atom. The molecule has 0 aromatic heterocycles. The number of alkyl halides is 1. The smallest absolute Gasteiger partial charge is 0.123 e. The highest BCUT2D eigenvalue weighted by Gasteiger charge is 2.10. The average molecular weight is 283 g/mol. The Kier molecular flexibility index (Phi) is 4.26. The van der Waals surface area contributed by atoms with Crippen LogP contribution in [0.4, 0.5) is 4.39 Å². The van der Waals surface area contributed by atoms with Gasteiger partial charge in [-0.2, -0.15) is 0 Å². The zero-order valence-electron chi connectivity index (χ0n) is 9.96. The predicted octanol–water partition coefficient (Wildman–Crippen LogP) is 5.31. The van der Waals surface area contributed by atoms with Gasteiger partial charge in [0.05, 0.1) is 5.38 Å². The van der Waals surface area contributed by atoms with Crippen molar-refractivity contribution in [3.8, 4) is 0 Å². The number of hydrogen-bond acceptors (Lipinski definition) is 0. The number of hydrogen-bond donors (Lipinski definition) is 0. The van der Waals surface area contributed by atoms with E-state index in [1.807, 2.05) is 37.3 Å². The normalized spacial score (nSPS) is 12.4. The van der Waals surface area contributed by atoms with Gasteiger partial charge in [-0.3, -0.25) is 0 Å². The molecule has 2 aromatic rings. The molecule has 0 saturated carbocycles. The Balaban J connectivity index is 2.16. The van der Waals surface area contributed by atoms with Gasteiger partial charge >= 0.3 is 0 Å². The van der Waals surface area contributed by atoms with Crippen LogP contribution >= 0.6 is 23.2 Å². The van der Waals surface area contributed by atoms with Crippen molar-refractivity contribution in [2.75, 3.05) is 0 Å². The van der Waals surface area contributed by atoms with Crippen molar-refractivity contribution in [3.63, 3.8) is 0 Å². The summed E-state index contributed by atoms with van der Waals surface area (Å²) in [7, 11) is 0. The Morgan fingerprint density at radius 3 is 2.39 bits per heavy atom. The summed E-state index contributed by atoms with van der Waals surface area (Å²) >= 11 is 12.1. The van der Waals surface area contributed by atoms with E-state index in [0.717, 1.165) is 16.7 Å². The third-order valence-corrected chi connectivity index (χ3v) is 3.41. The first-order valence-electron chi connectivity index (χ1n) is 5.70. The standard InChI is InChI=1S/C15H13Cl2F/c1-10-6-12(9-14(18)7-10)15(17)8-11-2-4-13(16)5-3-11/h2-7,9,15H,8H2,1H3. The number of benzene rings is 2. The topological polar surface area (TPSA) is 0 Å². The molecule has 0 amide bonds. The van der Waals surface area contributed by atoms with Crippen LogP contribution in [0.5, 0.6) is 0 Å². The molecule has 0 radical (unpaired) electrons. The van der Waals surface area contributed by atoms with Crippen LogP contribution < -0.4 is 0 Å². The van der Waals surface area contributed by atoms with Gasteiger partial charge in [0.2, 0.25) is 0 Å². The first kappa shape index (κ1) is 13.4. The zero-order valence-corrected chi connectivity index (χ0v) is 11.5. The van der Waals surface area contributed by atoms with Gasteiger partial charge in [0.15, 0.2) is 0 Å². The molecule has 0 saturated heterocycles. The number of aryl methyl sites for hydroxylation is 1. The molecule has 0 heterocycles. The Labute approximate surface area is 116 Å². The highest BCUT2D eigenvalue weighted by atomic mass is 35.5. The van der Waals surface area contributed by atoms with Gasteiger partial charge in [0.25, 0.3) is 0 Å². The van der Waals surface area contributed by atoms with E-state index in [-0.39, 0.29) is 11.2 Å². The van der Waals surface area contributed by atoms with Gasteiger partial charge in [0.1, 0.15) is 5.82 Å². The first-order chi connectivity index (χ1) is 8.54. The fourth-order valence-electron chi connectivity index (χ4n) is 1.89. The number of rotatable bonds is 3. The maximum atomic E-state index is 13.3. The van der Waals surface area contributed by atoms with Gasteiger partial charge in [-0.25, -0.2) is 4.39 Å². The molecule has 0 spiro atoms. The minimum atomic E-state index is -0.244. The lowest BCUT2D eigenvalue weighted by molar-refractivity contribution is 0.623. The molecule has 0 nitrogen and oxygen atoms in total. The SMILES string of the molecule is Cc1cc(F)cc(C(Cl)Cc2ccc(Cl)cc2)c1. The summed E-state index contributed by atoms with van der Waals surface area (Å²) in [5.41, 5.74) is 2.78. The Hall–Kier alpha value is -1.05. The van der Waals surface area contributed by atoms with Crippen LogP contribution in [0.15, 0.2) is 42.5 Å². The predicted molar refractivity (Wildman–Crippen MR) is 74.9 cm³/mol. The van der Waals surface area contributed by atoms with Gasteiger partial charge in [-0.1, -0.05) is 29.8 Å². The lowest BCUT2D eigenvalue weighted by Gasteiger charge is -2.11. The van der Waals surface area contributed by atoms with Crippen LogP contribution in [0.2, 0.25) is 5.02 Å². The molecule has 0 N–H and O–H groups in total. The van der Waals surface area contributed by atoms with Gasteiger partial charge in [-0.15, -0.1) is 11.6 Å². The molecular weight excluding hydrogens is 270 g/mol. The van der Waals surface area contributed by atoms with Crippen molar-refractivity contribution < 1.29 is 4.39 Å². The van der Waals surface area contributed by atoms with Crippen molar-refractivity contribution >= 4 is 23.2 Å². The molecule has 0 aliphatic heterocycles. The average Bonchev–Trinajstić information content (AvgIpc) is 2.31. The summed E-state index contributed by atoms with van der Waals surface area (Å²) in [6.45, 7) is 1.86. The second-order valence-corrected chi connectivity index (χ2v) is 5.32. The molecule has 0 aliphatic rings. The van der Waals surface area contributed by atoms with E-state index in [1.54, 1.807) is 0 Å². The van der Waals surface area contributed by atoms with E-state index in [9.17, 15) is 4.39 Å². The fourth-order valence-corrected chi connectivity index (χ4v) is 2.32. The highest BCUT2D eigenvalue weighted by Crippen LogP contribution is 2.27. The first-order valence-corrected chi connectivity index (χ1v) is 6.51. The van der Waals surface area contributed by atoms with Gasteiger partial charge < -0.3 is 0 Å². The van der Waals surface area contributed by atoms with E-state index in [4.69, 9.17) is 23.2 Å². The molecule has 1 unspecified atom stereocenters. The molecule has 0 bridgehead atoms. The summed E-state index contributed by atoms with van der Waals surface area (Å²) < 4.78 is 13.3. The van der Waals surface area contributed by atoms with Crippen molar-refractivity contribution in [3.05, 3.63) is 70.0 Å². The molecule has 18 heavy (non-hydrogen) atoms. The lowest BCUT2D eigenvalue weighted by atomic mass is 10.0. The lowest BCUT2D eigenvalue weighted by Crippen LogP contribution is -1.97. The summed E-state index contributed by atoms with van der Waals surface area (Å²) in [5, 5.41) is 0.465. The second-order valence-electron chi connectivity index (χ2n) is 4.36. The van der Waals surface area contributed by atoms with E-state index >= 15 is 0 Å². The van der Waals surface area contributed by atoms with Crippen molar-refractivity contribution in [2.24, 2.45) is 0 Å². The monoisotopic (exact) mass is 282 g/mol. The van der Waals surface area contributed by atoms with E-state index in [2.05, 4.69) is 0 Å². The summed E-state index contributed by atoms with van der Waals surface area (Å²) in [6.07, 6.45) is 0.654. The van der Waals surface area contributed by atoms with Crippen molar-refractivity contribution in [2.45, 2.75) is 18.7 Å². The van der Waals surface area contributed by atoms with Crippen LogP contribution in [-0.4, -0.2) is 0 Å². The molecule has 0 aliphatic carbocycles. The molecular formula is C15H13Cl2F. The van der Waals surface area contributed by atoms with Crippen molar-refractivity contribution in [1.29, 1.82) is 0 Å². The van der Waals surface area contributed by atoms with Crippen LogP contribution in [0, 0.1) is 12.7 Å². The van der Waals surface area contributed by atoms with Crippen molar-refractivity contribution in [1.82, 2.24) is 0 Å². The molecule has 1 atom stereocenters. The van der Waals surface area contributed by atoms with Crippen LogP contribution in [0.1, 0.15) is 22.1 Å². The zero-order chi connectivity index (χ0) is 13.1. The Morgan fingerprint density at radius 2 is 1.78 bits per heavy atom. The Bertz CT molecular complexity index is 514. The molecule has 2 rings (SSSR count). The highest BCUT2D eigenvalue weighted by molar-refractivity contribution is 6.30. The van der Waals surface area contributed by atoms with Gasteiger partial charge in [-0.05, 0) is 54.3 Å². The second kappa shape index (κ2) is 5.73. The largest absolute Gasteiger partial charge is 0.207 e. The van der Waals surface area contributed by atoms with Gasteiger partial charge in [0, 0.05) is 5.02 Å². The third kappa shape index (κ3) is 3.47. The fraction of sp³-hybridized carbons (Fsp3) is 0.200. The maximum absolute atomic E-state index is 13.3. The molecule has 94 valence electrons. The minimum absolute atomic E-state index is 0.236. The van der Waals surface area contributed by atoms with Crippen LogP contribution in [0.25, 0.3) is 0 Å². The molecule has 3 heteroatoms. The summed E-state index contributed by atoms with van der Waals surface area (Å²) in [6, 6.07) is 12.4. The van der Waals surface area contributed by atoms with E-state index in [1.165, 1.54) is 12.1 Å². The quantitative estimate of drug-likeness (QED) is 0.669. The number of halogens is 3.